The molecular weight excluding hydrogens is 416 g/mol. The molecule has 33 heavy (non-hydrogen) atoms. The molecule has 0 aromatic carbocycles. The van der Waals surface area contributed by atoms with Gasteiger partial charge in [-0.2, -0.15) is 0 Å². The van der Waals surface area contributed by atoms with Gasteiger partial charge in [0.1, 0.15) is 0 Å². The van der Waals surface area contributed by atoms with Crippen molar-refractivity contribution in [3.63, 3.8) is 0 Å². The molecule has 4 fully saturated rings. The van der Waals surface area contributed by atoms with Crippen molar-refractivity contribution in [2.75, 3.05) is 39.4 Å². The van der Waals surface area contributed by atoms with Crippen molar-refractivity contribution in [2.45, 2.75) is 83.5 Å². The van der Waals surface area contributed by atoms with E-state index in [0.29, 0.717) is 18.4 Å². The van der Waals surface area contributed by atoms with E-state index in [1.165, 1.54) is 0 Å². The molecule has 4 aliphatic carbocycles. The molecule has 1 saturated heterocycles. The van der Waals surface area contributed by atoms with Gasteiger partial charge in [-0.3, -0.25) is 9.69 Å². The average molecular weight is 461 g/mol. The van der Waals surface area contributed by atoms with Gasteiger partial charge in [-0.05, 0) is 80.8 Å². The molecule has 0 bridgehead atoms. The molecule has 3 saturated carbocycles. The normalized spacial score (nSPS) is 46.8. The number of fused-ring (bicyclic) bond motifs is 5. The molecule has 0 radical (unpaired) electrons. The van der Waals surface area contributed by atoms with Crippen molar-refractivity contribution < 1.29 is 19.7 Å². The fraction of sp³-hybridized carbons (Fsp3) is 0.889. The number of aliphatic hydroxyl groups is 2. The van der Waals surface area contributed by atoms with Crippen LogP contribution < -0.4 is 5.32 Å². The van der Waals surface area contributed by atoms with Crippen molar-refractivity contribution in [2.24, 2.45) is 28.6 Å². The van der Waals surface area contributed by atoms with Gasteiger partial charge >= 0.3 is 0 Å². The van der Waals surface area contributed by atoms with Crippen molar-refractivity contribution >= 4 is 5.78 Å². The van der Waals surface area contributed by atoms with Crippen LogP contribution in [0.1, 0.15) is 65.7 Å². The van der Waals surface area contributed by atoms with Gasteiger partial charge in [-0.25, -0.2) is 0 Å². The molecule has 6 nitrogen and oxygen atoms in total. The van der Waals surface area contributed by atoms with Crippen molar-refractivity contribution in [3.8, 4) is 0 Å². The molecule has 186 valence electrons. The fourth-order valence-electron chi connectivity index (χ4n) is 8.58. The van der Waals surface area contributed by atoms with E-state index in [-0.39, 0.29) is 34.6 Å². The number of nitrogens with zero attached hydrogens (tertiary/aromatic N) is 1. The van der Waals surface area contributed by atoms with Gasteiger partial charge in [0.15, 0.2) is 5.78 Å². The molecule has 5 rings (SSSR count). The van der Waals surface area contributed by atoms with Gasteiger partial charge in [0.2, 0.25) is 0 Å². The number of rotatable bonds is 5. The zero-order valence-electron chi connectivity index (χ0n) is 20.8. The summed E-state index contributed by atoms with van der Waals surface area (Å²) < 4.78 is 5.46. The highest BCUT2D eigenvalue weighted by Gasteiger charge is 2.66. The summed E-state index contributed by atoms with van der Waals surface area (Å²) in [4.78, 5) is 15.7. The lowest BCUT2D eigenvalue weighted by Crippen LogP contribution is -2.60. The first-order chi connectivity index (χ1) is 15.7. The Balaban J connectivity index is 1.32. The van der Waals surface area contributed by atoms with Crippen LogP contribution in [0.4, 0.5) is 0 Å². The van der Waals surface area contributed by atoms with E-state index in [4.69, 9.17) is 4.74 Å². The molecule has 3 N–H and O–H groups in total. The highest BCUT2D eigenvalue weighted by atomic mass is 16.5. The Morgan fingerprint density at radius 3 is 2.67 bits per heavy atom. The van der Waals surface area contributed by atoms with Gasteiger partial charge in [0.25, 0.3) is 0 Å². The monoisotopic (exact) mass is 460 g/mol. The predicted octanol–water partition coefficient (Wildman–Crippen LogP) is 2.53. The van der Waals surface area contributed by atoms with Gasteiger partial charge in [0, 0.05) is 43.6 Å². The van der Waals surface area contributed by atoms with E-state index in [2.05, 4.69) is 31.0 Å². The van der Waals surface area contributed by atoms with Crippen LogP contribution >= 0.6 is 0 Å². The Hall–Kier alpha value is -0.790. The summed E-state index contributed by atoms with van der Waals surface area (Å²) in [6.45, 7) is 12.5. The summed E-state index contributed by atoms with van der Waals surface area (Å²) in [5.74, 6) is 0.693. The van der Waals surface area contributed by atoms with Crippen LogP contribution in [0.2, 0.25) is 0 Å². The van der Waals surface area contributed by atoms with E-state index in [0.717, 1.165) is 83.5 Å². The Bertz CT molecular complexity index is 795. The summed E-state index contributed by atoms with van der Waals surface area (Å²) >= 11 is 0. The first-order valence-electron chi connectivity index (χ1n) is 13.4. The van der Waals surface area contributed by atoms with Crippen LogP contribution in [0.3, 0.4) is 0 Å². The molecule has 1 aliphatic heterocycles. The summed E-state index contributed by atoms with van der Waals surface area (Å²) in [6.07, 6.45) is 7.48. The second-order valence-corrected chi connectivity index (χ2v) is 12.2. The Labute approximate surface area is 199 Å². The molecule has 5 aliphatic rings. The molecule has 0 aromatic rings. The number of carbonyl (C=O) groups excluding carboxylic acids is 1. The highest BCUT2D eigenvalue weighted by molar-refractivity contribution is 5.95. The molecule has 0 spiro atoms. The second-order valence-electron chi connectivity index (χ2n) is 12.2. The van der Waals surface area contributed by atoms with E-state index < -0.39 is 5.60 Å². The van der Waals surface area contributed by atoms with Crippen LogP contribution in [0.15, 0.2) is 11.6 Å². The standard InChI is InChI=1S/C27H44N2O4/c1-18(28-10-11-29-12-14-33-15-13-29)20-6-9-27(32)22-17-24(31)23-16-19(30)4-7-25(23,2)21(22)5-8-26(20,27)3/h17-21,23,28,30,32H,4-16H2,1-3H3/t18?,19?,20?,21?,23?,25?,26-,27+/m0/s1. The minimum absolute atomic E-state index is 0.0964. The quantitative estimate of drug-likeness (QED) is 0.585. The fourth-order valence-corrected chi connectivity index (χ4v) is 8.58. The van der Waals surface area contributed by atoms with Crippen LogP contribution in [-0.4, -0.2) is 78.0 Å². The Morgan fingerprint density at radius 1 is 1.15 bits per heavy atom. The smallest absolute Gasteiger partial charge is 0.159 e. The van der Waals surface area contributed by atoms with Gasteiger partial charge in [-0.1, -0.05) is 13.8 Å². The number of hydrogen-bond acceptors (Lipinski definition) is 6. The van der Waals surface area contributed by atoms with E-state index >= 15 is 0 Å². The van der Waals surface area contributed by atoms with Crippen LogP contribution in [0.25, 0.3) is 0 Å². The van der Waals surface area contributed by atoms with Gasteiger partial charge < -0.3 is 20.3 Å². The van der Waals surface area contributed by atoms with E-state index in [9.17, 15) is 15.0 Å². The third-order valence-corrected chi connectivity index (χ3v) is 10.7. The topological polar surface area (TPSA) is 82.0 Å². The molecule has 6 unspecified atom stereocenters. The lowest BCUT2D eigenvalue weighted by molar-refractivity contribution is -0.140. The highest BCUT2D eigenvalue weighted by Crippen LogP contribution is 2.67. The molecule has 6 heteroatoms. The lowest BCUT2D eigenvalue weighted by atomic mass is 9.46. The maximum absolute atomic E-state index is 13.3. The van der Waals surface area contributed by atoms with Gasteiger partial charge in [0.05, 0.1) is 24.9 Å². The Morgan fingerprint density at radius 2 is 1.91 bits per heavy atom. The zero-order valence-corrected chi connectivity index (χ0v) is 20.8. The maximum atomic E-state index is 13.3. The first kappa shape index (κ1) is 23.9. The van der Waals surface area contributed by atoms with Crippen molar-refractivity contribution in [1.82, 2.24) is 10.2 Å². The molecule has 1 heterocycles. The third-order valence-electron chi connectivity index (χ3n) is 10.7. The summed E-state index contributed by atoms with van der Waals surface area (Å²) in [7, 11) is 0. The average Bonchev–Trinajstić information content (AvgIpc) is 3.07. The largest absolute Gasteiger partial charge is 0.393 e. The van der Waals surface area contributed by atoms with Crippen LogP contribution in [0, 0.1) is 28.6 Å². The van der Waals surface area contributed by atoms with Gasteiger partial charge in [-0.15, -0.1) is 0 Å². The molecule has 8 atom stereocenters. The minimum atomic E-state index is -0.888. The number of ketones is 1. The SMILES string of the molecule is CC(NCCN1CCOCC1)C1CC[C@@]2(O)C3=CC(=O)C4CC(O)CCC4(C)C3CC[C@@]12C. The second kappa shape index (κ2) is 8.70. The molecule has 0 amide bonds. The summed E-state index contributed by atoms with van der Waals surface area (Å²) in [5.41, 5.74) is -0.199. The lowest BCUT2D eigenvalue weighted by Gasteiger charge is -2.59. The number of allylic oxidation sites excluding steroid dienone is 1. The molecule has 0 aromatic heterocycles. The number of nitrogens with one attached hydrogen (secondary N) is 1. The molecular formula is C27H44N2O4. The van der Waals surface area contributed by atoms with E-state index in [1.807, 2.05) is 6.08 Å². The van der Waals surface area contributed by atoms with E-state index in [1.54, 1.807) is 0 Å². The first-order valence-corrected chi connectivity index (χ1v) is 13.4. The maximum Gasteiger partial charge on any atom is 0.159 e. The Kier molecular flexibility index (Phi) is 6.31. The van der Waals surface area contributed by atoms with Crippen molar-refractivity contribution in [1.29, 1.82) is 0 Å². The summed E-state index contributed by atoms with van der Waals surface area (Å²) in [5, 5.41) is 26.3. The number of morpholine rings is 1. The number of hydrogen-bond donors (Lipinski definition) is 3. The zero-order chi connectivity index (χ0) is 23.4. The number of carbonyl (C=O) groups is 1. The van der Waals surface area contributed by atoms with Crippen LogP contribution in [0.5, 0.6) is 0 Å². The predicted molar refractivity (Wildman–Crippen MR) is 128 cm³/mol. The van der Waals surface area contributed by atoms with Crippen molar-refractivity contribution in [3.05, 3.63) is 11.6 Å². The minimum Gasteiger partial charge on any atom is -0.393 e. The summed E-state index contributed by atoms with van der Waals surface area (Å²) in [6, 6.07) is 0.328. The number of ether oxygens (including phenoxy) is 1. The number of aliphatic hydroxyl groups excluding tert-OH is 1. The third kappa shape index (κ3) is 3.76. The van der Waals surface area contributed by atoms with Crippen LogP contribution in [-0.2, 0) is 9.53 Å².